The summed E-state index contributed by atoms with van der Waals surface area (Å²) in [4.78, 5) is 4.55. The van der Waals surface area contributed by atoms with Gasteiger partial charge in [0.15, 0.2) is 0 Å². The SMILES string of the molecule is COC1(c2noc(C3CCCN3)n2)CCCC1. The summed E-state index contributed by atoms with van der Waals surface area (Å²) in [5.74, 6) is 1.46. The number of methoxy groups -OCH3 is 1. The Hall–Kier alpha value is -0.940. The molecule has 1 unspecified atom stereocenters. The number of ether oxygens (including phenoxy) is 1. The smallest absolute Gasteiger partial charge is 0.243 e. The highest BCUT2D eigenvalue weighted by Crippen LogP contribution is 2.40. The Balaban J connectivity index is 1.83. The van der Waals surface area contributed by atoms with Crippen molar-refractivity contribution in [1.29, 1.82) is 0 Å². The van der Waals surface area contributed by atoms with Crippen LogP contribution in [0.25, 0.3) is 0 Å². The molecular weight excluding hydrogens is 218 g/mol. The molecule has 1 atom stereocenters. The van der Waals surface area contributed by atoms with Gasteiger partial charge in [-0.1, -0.05) is 5.16 Å². The summed E-state index contributed by atoms with van der Waals surface area (Å²) < 4.78 is 11.0. The van der Waals surface area contributed by atoms with Crippen molar-refractivity contribution in [3.8, 4) is 0 Å². The molecule has 1 aliphatic heterocycles. The second-order valence-corrected chi connectivity index (χ2v) is 5.01. The van der Waals surface area contributed by atoms with Crippen LogP contribution in [0.4, 0.5) is 0 Å². The largest absolute Gasteiger partial charge is 0.370 e. The summed E-state index contributed by atoms with van der Waals surface area (Å²) in [7, 11) is 1.75. The molecule has 2 aliphatic rings. The van der Waals surface area contributed by atoms with Gasteiger partial charge in [-0.2, -0.15) is 4.98 Å². The number of rotatable bonds is 3. The van der Waals surface area contributed by atoms with Crippen LogP contribution < -0.4 is 5.32 Å². The molecule has 1 N–H and O–H groups in total. The van der Waals surface area contributed by atoms with Gasteiger partial charge in [-0.05, 0) is 45.1 Å². The summed E-state index contributed by atoms with van der Waals surface area (Å²) >= 11 is 0. The van der Waals surface area contributed by atoms with Crippen molar-refractivity contribution in [2.45, 2.75) is 50.2 Å². The predicted molar refractivity (Wildman–Crippen MR) is 61.4 cm³/mol. The fourth-order valence-electron chi connectivity index (χ4n) is 2.92. The van der Waals surface area contributed by atoms with E-state index in [1.807, 2.05) is 0 Å². The van der Waals surface area contributed by atoms with Crippen molar-refractivity contribution < 1.29 is 9.26 Å². The molecule has 0 bridgehead atoms. The molecule has 0 aromatic carbocycles. The molecule has 1 aliphatic carbocycles. The van der Waals surface area contributed by atoms with Crippen molar-refractivity contribution in [2.24, 2.45) is 0 Å². The van der Waals surface area contributed by atoms with E-state index in [1.165, 1.54) is 19.3 Å². The van der Waals surface area contributed by atoms with Gasteiger partial charge in [-0.15, -0.1) is 0 Å². The zero-order valence-electron chi connectivity index (χ0n) is 10.2. The Labute approximate surface area is 101 Å². The first-order chi connectivity index (χ1) is 8.34. The third-order valence-electron chi connectivity index (χ3n) is 4.01. The standard InChI is InChI=1S/C12H19N3O2/c1-16-12(6-2-3-7-12)11-14-10(17-15-11)9-5-4-8-13-9/h9,13H,2-8H2,1H3. The number of nitrogens with one attached hydrogen (secondary N) is 1. The summed E-state index contributed by atoms with van der Waals surface area (Å²) in [5, 5.41) is 7.50. The fraction of sp³-hybridized carbons (Fsp3) is 0.833. The third kappa shape index (κ3) is 1.87. The molecular formula is C12H19N3O2. The van der Waals surface area contributed by atoms with Crippen LogP contribution in [-0.4, -0.2) is 23.8 Å². The van der Waals surface area contributed by atoms with E-state index in [0.29, 0.717) is 0 Å². The molecule has 5 nitrogen and oxygen atoms in total. The number of aromatic nitrogens is 2. The first-order valence-electron chi connectivity index (χ1n) is 6.47. The van der Waals surface area contributed by atoms with Gasteiger partial charge in [0.1, 0.15) is 5.60 Å². The molecule has 17 heavy (non-hydrogen) atoms. The molecule has 2 heterocycles. The molecule has 94 valence electrons. The normalized spacial score (nSPS) is 27.7. The zero-order chi connectivity index (χ0) is 11.7. The molecule has 3 rings (SSSR count). The average Bonchev–Trinajstić information content (AvgIpc) is 3.10. The number of nitrogens with zero attached hydrogens (tertiary/aromatic N) is 2. The molecule has 0 amide bonds. The Morgan fingerprint density at radius 3 is 2.82 bits per heavy atom. The first kappa shape index (κ1) is 11.2. The lowest BCUT2D eigenvalue weighted by Crippen LogP contribution is -2.26. The Morgan fingerprint density at radius 1 is 1.35 bits per heavy atom. The van der Waals surface area contributed by atoms with Crippen LogP contribution in [0.5, 0.6) is 0 Å². The summed E-state index contributed by atoms with van der Waals surface area (Å²) in [6.45, 7) is 1.04. The van der Waals surface area contributed by atoms with Crippen molar-refractivity contribution in [2.75, 3.05) is 13.7 Å². The zero-order valence-corrected chi connectivity index (χ0v) is 10.2. The Morgan fingerprint density at radius 2 is 2.18 bits per heavy atom. The molecule has 0 spiro atoms. The van der Waals surface area contributed by atoms with Gasteiger partial charge in [0.05, 0.1) is 6.04 Å². The lowest BCUT2D eigenvalue weighted by atomic mass is 10.0. The third-order valence-corrected chi connectivity index (χ3v) is 4.01. The minimum Gasteiger partial charge on any atom is -0.370 e. The maximum Gasteiger partial charge on any atom is 0.243 e. The van der Waals surface area contributed by atoms with Crippen LogP contribution >= 0.6 is 0 Å². The molecule has 5 heteroatoms. The van der Waals surface area contributed by atoms with E-state index in [2.05, 4.69) is 15.5 Å². The van der Waals surface area contributed by atoms with Gasteiger partial charge in [-0.3, -0.25) is 0 Å². The van der Waals surface area contributed by atoms with Crippen molar-refractivity contribution in [3.63, 3.8) is 0 Å². The van der Waals surface area contributed by atoms with Crippen LogP contribution in [-0.2, 0) is 10.3 Å². The lowest BCUT2D eigenvalue weighted by molar-refractivity contribution is -0.0178. The van der Waals surface area contributed by atoms with E-state index in [4.69, 9.17) is 9.26 Å². The molecule has 1 saturated heterocycles. The van der Waals surface area contributed by atoms with Crippen molar-refractivity contribution in [1.82, 2.24) is 15.5 Å². The minimum atomic E-state index is -0.291. The molecule has 0 radical (unpaired) electrons. The summed E-state index contributed by atoms with van der Waals surface area (Å²) in [6, 6.07) is 0.242. The quantitative estimate of drug-likeness (QED) is 0.870. The Kier molecular flexibility index (Phi) is 2.88. The van der Waals surface area contributed by atoms with E-state index >= 15 is 0 Å². The van der Waals surface area contributed by atoms with Crippen LogP contribution in [0.2, 0.25) is 0 Å². The van der Waals surface area contributed by atoms with Gasteiger partial charge in [-0.25, -0.2) is 0 Å². The van der Waals surface area contributed by atoms with Crippen molar-refractivity contribution in [3.05, 3.63) is 11.7 Å². The van der Waals surface area contributed by atoms with E-state index in [-0.39, 0.29) is 11.6 Å². The molecule has 1 aromatic rings. The van der Waals surface area contributed by atoms with Gasteiger partial charge in [0.25, 0.3) is 0 Å². The van der Waals surface area contributed by atoms with Gasteiger partial charge in [0, 0.05) is 7.11 Å². The highest BCUT2D eigenvalue weighted by atomic mass is 16.5. The van der Waals surface area contributed by atoms with Crippen LogP contribution in [0.1, 0.15) is 56.3 Å². The topological polar surface area (TPSA) is 60.2 Å². The Bertz CT molecular complexity index is 379. The minimum absolute atomic E-state index is 0.242. The first-order valence-corrected chi connectivity index (χ1v) is 6.47. The maximum atomic E-state index is 5.66. The second kappa shape index (κ2) is 4.38. The lowest BCUT2D eigenvalue weighted by Gasteiger charge is -2.22. The van der Waals surface area contributed by atoms with Gasteiger partial charge >= 0.3 is 0 Å². The van der Waals surface area contributed by atoms with E-state index in [1.54, 1.807) is 7.11 Å². The van der Waals surface area contributed by atoms with E-state index < -0.39 is 0 Å². The highest BCUT2D eigenvalue weighted by molar-refractivity contribution is 5.06. The monoisotopic (exact) mass is 237 g/mol. The van der Waals surface area contributed by atoms with Crippen LogP contribution in [0, 0.1) is 0 Å². The number of hydrogen-bond donors (Lipinski definition) is 1. The fourth-order valence-corrected chi connectivity index (χ4v) is 2.92. The van der Waals surface area contributed by atoms with Crippen LogP contribution in [0.15, 0.2) is 4.52 Å². The van der Waals surface area contributed by atoms with E-state index in [0.717, 1.165) is 37.5 Å². The second-order valence-electron chi connectivity index (χ2n) is 5.01. The van der Waals surface area contributed by atoms with Gasteiger partial charge < -0.3 is 14.6 Å². The summed E-state index contributed by atoms with van der Waals surface area (Å²) in [5.41, 5.74) is -0.291. The average molecular weight is 237 g/mol. The van der Waals surface area contributed by atoms with Gasteiger partial charge in [0.2, 0.25) is 11.7 Å². The van der Waals surface area contributed by atoms with E-state index in [9.17, 15) is 0 Å². The maximum absolute atomic E-state index is 5.66. The summed E-state index contributed by atoms with van der Waals surface area (Å²) in [6.07, 6.45) is 6.62. The molecule has 1 saturated carbocycles. The van der Waals surface area contributed by atoms with Crippen molar-refractivity contribution >= 4 is 0 Å². The molecule has 2 fully saturated rings. The molecule has 1 aromatic heterocycles. The highest BCUT2D eigenvalue weighted by Gasteiger charge is 2.40. The predicted octanol–water partition coefficient (Wildman–Crippen LogP) is 1.91. The van der Waals surface area contributed by atoms with Crippen LogP contribution in [0.3, 0.4) is 0 Å². The number of hydrogen-bond acceptors (Lipinski definition) is 5.